The number of hydrogen-bond donors (Lipinski definition) is 1. The minimum Gasteiger partial charge on any atom is -0.462 e. The lowest BCUT2D eigenvalue weighted by Gasteiger charge is -2.51. The van der Waals surface area contributed by atoms with Crippen LogP contribution in [0.3, 0.4) is 0 Å². The van der Waals surface area contributed by atoms with Gasteiger partial charge in [-0.1, -0.05) is 33.1 Å². The molecule has 0 aromatic heterocycles. The second-order valence-electron chi connectivity index (χ2n) is 7.71. The van der Waals surface area contributed by atoms with Gasteiger partial charge in [-0.25, -0.2) is 0 Å². The summed E-state index contributed by atoms with van der Waals surface area (Å²) in [5, 5.41) is 3.40. The SMILES string of the molecule is CC(C)(C)OC=O.CCCOC1(C2CCCCC2C)CNC1. The summed E-state index contributed by atoms with van der Waals surface area (Å²) in [5.41, 5.74) is -0.113. The molecule has 0 aromatic carbocycles. The van der Waals surface area contributed by atoms with Crippen molar-refractivity contribution >= 4 is 6.47 Å². The molecule has 1 aliphatic carbocycles. The van der Waals surface area contributed by atoms with Crippen molar-refractivity contribution in [1.29, 1.82) is 0 Å². The number of ether oxygens (including phenoxy) is 2. The first-order chi connectivity index (χ1) is 10.3. The lowest BCUT2D eigenvalue weighted by atomic mass is 9.68. The summed E-state index contributed by atoms with van der Waals surface area (Å²) in [4.78, 5) is 9.60. The number of carbonyl (C=O) groups is 1. The van der Waals surface area contributed by atoms with Gasteiger partial charge in [-0.2, -0.15) is 0 Å². The summed E-state index contributed by atoms with van der Waals surface area (Å²) in [6.07, 6.45) is 6.76. The van der Waals surface area contributed by atoms with Gasteiger partial charge in [0, 0.05) is 19.7 Å². The van der Waals surface area contributed by atoms with Gasteiger partial charge in [0.2, 0.25) is 0 Å². The molecule has 2 unspecified atom stereocenters. The second-order valence-corrected chi connectivity index (χ2v) is 7.71. The number of rotatable bonds is 5. The Kier molecular flexibility index (Phi) is 7.84. The zero-order valence-electron chi connectivity index (χ0n) is 15.1. The minimum atomic E-state index is -0.318. The summed E-state index contributed by atoms with van der Waals surface area (Å²) in [6.45, 7) is 13.6. The predicted octanol–water partition coefficient (Wildman–Crippen LogP) is 3.54. The smallest absolute Gasteiger partial charge is 0.293 e. The molecule has 1 aliphatic heterocycles. The van der Waals surface area contributed by atoms with Crippen LogP contribution in [-0.4, -0.2) is 37.4 Å². The molecule has 22 heavy (non-hydrogen) atoms. The fourth-order valence-electron chi connectivity index (χ4n) is 3.39. The molecule has 4 heteroatoms. The molecule has 2 aliphatic rings. The van der Waals surface area contributed by atoms with Gasteiger partial charge < -0.3 is 14.8 Å². The molecule has 2 rings (SSSR count). The van der Waals surface area contributed by atoms with Crippen LogP contribution < -0.4 is 5.32 Å². The lowest BCUT2D eigenvalue weighted by molar-refractivity contribution is -0.140. The maximum absolute atomic E-state index is 9.60. The van der Waals surface area contributed by atoms with Gasteiger partial charge in [0.1, 0.15) is 5.60 Å². The first-order valence-electron chi connectivity index (χ1n) is 8.81. The fraction of sp³-hybridized carbons (Fsp3) is 0.944. The van der Waals surface area contributed by atoms with E-state index in [1.54, 1.807) is 0 Å². The molecule has 2 fully saturated rings. The van der Waals surface area contributed by atoms with Gasteiger partial charge in [0.25, 0.3) is 6.47 Å². The van der Waals surface area contributed by atoms with Crippen molar-refractivity contribution in [3.05, 3.63) is 0 Å². The molecular formula is C18H35NO3. The van der Waals surface area contributed by atoms with Crippen molar-refractivity contribution < 1.29 is 14.3 Å². The molecule has 130 valence electrons. The summed E-state index contributed by atoms with van der Waals surface area (Å²) in [5.74, 6) is 1.66. The topological polar surface area (TPSA) is 47.6 Å². The van der Waals surface area contributed by atoms with E-state index in [9.17, 15) is 4.79 Å². The Morgan fingerprint density at radius 2 is 1.86 bits per heavy atom. The zero-order chi connectivity index (χ0) is 16.6. The summed E-state index contributed by atoms with van der Waals surface area (Å²) < 4.78 is 10.7. The van der Waals surface area contributed by atoms with E-state index >= 15 is 0 Å². The average molecular weight is 313 g/mol. The molecule has 1 saturated heterocycles. The van der Waals surface area contributed by atoms with Gasteiger partial charge in [0.05, 0.1) is 5.60 Å². The first kappa shape index (κ1) is 19.4. The number of carbonyl (C=O) groups excluding carboxylic acids is 1. The van der Waals surface area contributed by atoms with Crippen LogP contribution in [0.5, 0.6) is 0 Å². The van der Waals surface area contributed by atoms with E-state index < -0.39 is 0 Å². The van der Waals surface area contributed by atoms with E-state index in [1.807, 2.05) is 20.8 Å². The summed E-state index contributed by atoms with van der Waals surface area (Å²) in [6, 6.07) is 0. The third kappa shape index (κ3) is 5.88. The Morgan fingerprint density at radius 3 is 2.23 bits per heavy atom. The molecule has 0 amide bonds. The fourth-order valence-corrected chi connectivity index (χ4v) is 3.39. The molecule has 0 bridgehead atoms. The second kappa shape index (κ2) is 8.88. The predicted molar refractivity (Wildman–Crippen MR) is 89.9 cm³/mol. The minimum absolute atomic E-state index is 0.204. The number of hydrogen-bond acceptors (Lipinski definition) is 4. The first-order valence-corrected chi connectivity index (χ1v) is 8.81. The maximum atomic E-state index is 9.60. The zero-order valence-corrected chi connectivity index (χ0v) is 15.1. The van der Waals surface area contributed by atoms with E-state index in [0.717, 1.165) is 38.0 Å². The van der Waals surface area contributed by atoms with Crippen molar-refractivity contribution in [2.75, 3.05) is 19.7 Å². The van der Waals surface area contributed by atoms with Crippen LogP contribution in [0.15, 0.2) is 0 Å². The Balaban J connectivity index is 0.000000295. The Bertz CT molecular complexity index is 321. The van der Waals surface area contributed by atoms with Gasteiger partial charge in [-0.05, 0) is 45.4 Å². The van der Waals surface area contributed by atoms with Crippen LogP contribution in [0.4, 0.5) is 0 Å². The molecule has 0 radical (unpaired) electrons. The van der Waals surface area contributed by atoms with E-state index in [1.165, 1.54) is 25.7 Å². The summed E-state index contributed by atoms with van der Waals surface area (Å²) in [7, 11) is 0. The monoisotopic (exact) mass is 313 g/mol. The van der Waals surface area contributed by atoms with Gasteiger partial charge in [-0.3, -0.25) is 4.79 Å². The number of nitrogens with one attached hydrogen (secondary N) is 1. The normalized spacial score (nSPS) is 27.1. The maximum Gasteiger partial charge on any atom is 0.293 e. The van der Waals surface area contributed by atoms with Crippen molar-refractivity contribution in [3.63, 3.8) is 0 Å². The van der Waals surface area contributed by atoms with Gasteiger partial charge >= 0.3 is 0 Å². The highest BCUT2D eigenvalue weighted by Gasteiger charge is 2.47. The summed E-state index contributed by atoms with van der Waals surface area (Å²) >= 11 is 0. The Labute approximate surface area is 136 Å². The van der Waals surface area contributed by atoms with Crippen molar-refractivity contribution in [1.82, 2.24) is 5.32 Å². The van der Waals surface area contributed by atoms with E-state index in [0.29, 0.717) is 6.47 Å². The van der Waals surface area contributed by atoms with E-state index in [4.69, 9.17) is 4.74 Å². The molecule has 0 spiro atoms. The van der Waals surface area contributed by atoms with Crippen LogP contribution >= 0.6 is 0 Å². The Hall–Kier alpha value is -0.610. The van der Waals surface area contributed by atoms with E-state index in [2.05, 4.69) is 23.9 Å². The van der Waals surface area contributed by atoms with Crippen molar-refractivity contribution in [2.24, 2.45) is 11.8 Å². The van der Waals surface area contributed by atoms with Crippen LogP contribution in [0, 0.1) is 11.8 Å². The third-order valence-electron chi connectivity index (χ3n) is 4.63. The molecule has 2 atom stereocenters. The lowest BCUT2D eigenvalue weighted by Crippen LogP contribution is -2.66. The van der Waals surface area contributed by atoms with E-state index in [-0.39, 0.29) is 11.2 Å². The van der Waals surface area contributed by atoms with Gasteiger partial charge in [0.15, 0.2) is 0 Å². The molecule has 1 saturated carbocycles. The molecule has 1 N–H and O–H groups in total. The highest BCUT2D eigenvalue weighted by atomic mass is 16.5. The highest BCUT2D eigenvalue weighted by molar-refractivity contribution is 5.37. The van der Waals surface area contributed by atoms with Crippen molar-refractivity contribution in [2.45, 2.75) is 77.9 Å². The molecule has 0 aromatic rings. The molecule has 4 nitrogen and oxygen atoms in total. The van der Waals surface area contributed by atoms with Crippen LogP contribution in [0.25, 0.3) is 0 Å². The molecular weight excluding hydrogens is 278 g/mol. The van der Waals surface area contributed by atoms with Crippen LogP contribution in [0.1, 0.15) is 66.7 Å². The molecule has 1 heterocycles. The van der Waals surface area contributed by atoms with Crippen molar-refractivity contribution in [3.8, 4) is 0 Å². The Morgan fingerprint density at radius 1 is 1.23 bits per heavy atom. The largest absolute Gasteiger partial charge is 0.462 e. The highest BCUT2D eigenvalue weighted by Crippen LogP contribution is 2.41. The van der Waals surface area contributed by atoms with Crippen LogP contribution in [-0.2, 0) is 14.3 Å². The quantitative estimate of drug-likeness (QED) is 0.789. The van der Waals surface area contributed by atoms with Crippen LogP contribution in [0.2, 0.25) is 0 Å². The standard InChI is InChI=1S/C13H25NO.C5H10O2/c1-3-8-15-13(9-14-10-13)12-7-5-4-6-11(12)2;1-5(2,3)7-4-6/h11-12,14H,3-10H2,1-2H3;4H,1-3H3. The third-order valence-corrected chi connectivity index (χ3v) is 4.63. The van der Waals surface area contributed by atoms with Gasteiger partial charge in [-0.15, -0.1) is 0 Å². The average Bonchev–Trinajstić information content (AvgIpc) is 2.39.